The van der Waals surface area contributed by atoms with Crippen LogP contribution in [0, 0.1) is 0 Å². The van der Waals surface area contributed by atoms with Crippen molar-refractivity contribution in [1.82, 2.24) is 0 Å². The van der Waals surface area contributed by atoms with Gasteiger partial charge in [0, 0.05) is 0 Å². The van der Waals surface area contributed by atoms with Crippen molar-refractivity contribution in [2.45, 2.75) is 64.3 Å². The molecule has 0 spiro atoms. The molecule has 2 aliphatic rings. The van der Waals surface area contributed by atoms with Crippen molar-refractivity contribution in [2.75, 3.05) is 0 Å². The van der Waals surface area contributed by atoms with E-state index < -0.39 is 7.32 Å². The molecule has 1 atom stereocenters. The highest BCUT2D eigenvalue weighted by atomic mass is 16.8. The zero-order valence-electron chi connectivity index (χ0n) is 10.7. The van der Waals surface area contributed by atoms with Crippen molar-refractivity contribution in [2.24, 2.45) is 0 Å². The minimum Gasteiger partial charge on any atom is -0.379 e. The summed E-state index contributed by atoms with van der Waals surface area (Å²) in [5.74, 6) is 0. The second-order valence-electron chi connectivity index (χ2n) is 5.58. The lowest BCUT2D eigenvalue weighted by molar-refractivity contribution is 0.00578. The maximum absolute atomic E-state index is 5.79. The van der Waals surface area contributed by atoms with Crippen LogP contribution in [-0.4, -0.2) is 24.6 Å². The summed E-state index contributed by atoms with van der Waals surface area (Å²) in [4.78, 5) is 0. The van der Waals surface area contributed by atoms with Gasteiger partial charge in [0.05, 0.1) is 17.3 Å². The summed E-state index contributed by atoms with van der Waals surface area (Å²) < 4.78 is 17.4. The van der Waals surface area contributed by atoms with Crippen LogP contribution >= 0.6 is 0 Å². The maximum Gasteiger partial charge on any atom is 0.640 e. The van der Waals surface area contributed by atoms with Gasteiger partial charge in [-0.25, -0.2) is 0 Å². The second kappa shape index (κ2) is 4.17. The quantitative estimate of drug-likeness (QED) is 0.533. The van der Waals surface area contributed by atoms with Crippen molar-refractivity contribution >= 4 is 7.32 Å². The average Bonchev–Trinajstić information content (AvgIpc) is 2.36. The number of allylic oxidation sites excluding steroid dienone is 1. The first-order chi connectivity index (χ1) is 7.41. The van der Waals surface area contributed by atoms with E-state index in [1.54, 1.807) is 0 Å². The van der Waals surface area contributed by atoms with Crippen LogP contribution in [0.5, 0.6) is 0 Å². The third kappa shape index (κ3) is 2.34. The molecule has 0 aromatic heterocycles. The van der Waals surface area contributed by atoms with Crippen LogP contribution in [0.25, 0.3) is 0 Å². The molecule has 1 heterocycles. The van der Waals surface area contributed by atoms with E-state index in [-0.39, 0.29) is 17.3 Å². The van der Waals surface area contributed by atoms with E-state index in [2.05, 4.69) is 12.2 Å². The summed E-state index contributed by atoms with van der Waals surface area (Å²) in [6.07, 6.45) is 7.81. The topological polar surface area (TPSA) is 27.7 Å². The fraction of sp³-hybridized carbons (Fsp3) is 0.833. The molecule has 1 fully saturated rings. The number of hydrogen-bond donors (Lipinski definition) is 0. The molecule has 0 bridgehead atoms. The molecular formula is C12H21BO3. The summed E-state index contributed by atoms with van der Waals surface area (Å²) in [7, 11) is -0.530. The summed E-state index contributed by atoms with van der Waals surface area (Å²) in [6, 6.07) is 0. The highest BCUT2D eigenvalue weighted by Crippen LogP contribution is 2.37. The molecule has 0 aromatic rings. The monoisotopic (exact) mass is 224 g/mol. The van der Waals surface area contributed by atoms with Gasteiger partial charge in [0.1, 0.15) is 0 Å². The van der Waals surface area contributed by atoms with Crippen LogP contribution in [-0.2, 0) is 14.0 Å². The predicted molar refractivity (Wildman–Crippen MR) is 63.9 cm³/mol. The predicted octanol–water partition coefficient (Wildman–Crippen LogP) is 2.70. The van der Waals surface area contributed by atoms with Gasteiger partial charge in [-0.1, -0.05) is 12.2 Å². The van der Waals surface area contributed by atoms with Gasteiger partial charge in [-0.05, 0) is 47.0 Å². The molecule has 3 nitrogen and oxygen atoms in total. The van der Waals surface area contributed by atoms with Crippen LogP contribution in [0.2, 0.25) is 0 Å². The van der Waals surface area contributed by atoms with Crippen LogP contribution < -0.4 is 0 Å². The Bertz CT molecular complexity index is 270. The van der Waals surface area contributed by atoms with Gasteiger partial charge in [-0.3, -0.25) is 0 Å². The molecule has 1 unspecified atom stereocenters. The van der Waals surface area contributed by atoms with E-state index in [0.29, 0.717) is 0 Å². The largest absolute Gasteiger partial charge is 0.640 e. The molecular weight excluding hydrogens is 203 g/mol. The first-order valence-corrected chi connectivity index (χ1v) is 6.08. The van der Waals surface area contributed by atoms with Crippen LogP contribution in [0.4, 0.5) is 0 Å². The van der Waals surface area contributed by atoms with Crippen molar-refractivity contribution < 1.29 is 14.0 Å². The first-order valence-electron chi connectivity index (χ1n) is 6.08. The summed E-state index contributed by atoms with van der Waals surface area (Å²) >= 11 is 0. The Morgan fingerprint density at radius 1 is 1.19 bits per heavy atom. The lowest BCUT2D eigenvalue weighted by Crippen LogP contribution is -2.41. The third-order valence-electron chi connectivity index (χ3n) is 3.73. The van der Waals surface area contributed by atoms with Gasteiger partial charge in [-0.15, -0.1) is 0 Å². The fourth-order valence-corrected chi connectivity index (χ4v) is 1.88. The van der Waals surface area contributed by atoms with Gasteiger partial charge in [0.2, 0.25) is 0 Å². The van der Waals surface area contributed by atoms with Crippen molar-refractivity contribution in [1.29, 1.82) is 0 Å². The van der Waals surface area contributed by atoms with Crippen molar-refractivity contribution in [3.8, 4) is 0 Å². The number of hydrogen-bond acceptors (Lipinski definition) is 3. The molecule has 1 aliphatic heterocycles. The lowest BCUT2D eigenvalue weighted by atomic mass is 9.90. The van der Waals surface area contributed by atoms with Gasteiger partial charge < -0.3 is 14.0 Å². The van der Waals surface area contributed by atoms with Gasteiger partial charge >= 0.3 is 7.32 Å². The van der Waals surface area contributed by atoms with E-state index >= 15 is 0 Å². The van der Waals surface area contributed by atoms with Crippen LogP contribution in [0.3, 0.4) is 0 Å². The van der Waals surface area contributed by atoms with E-state index in [9.17, 15) is 0 Å². The minimum absolute atomic E-state index is 0.142. The zero-order valence-corrected chi connectivity index (χ0v) is 10.7. The molecule has 0 amide bonds. The van der Waals surface area contributed by atoms with Gasteiger partial charge in [0.15, 0.2) is 0 Å². The highest BCUT2D eigenvalue weighted by molar-refractivity contribution is 6.37. The third-order valence-corrected chi connectivity index (χ3v) is 3.73. The molecule has 16 heavy (non-hydrogen) atoms. The van der Waals surface area contributed by atoms with E-state index in [1.807, 2.05) is 27.7 Å². The van der Waals surface area contributed by atoms with Crippen LogP contribution in [0.15, 0.2) is 12.2 Å². The number of rotatable bonds is 2. The molecule has 0 aromatic carbocycles. The summed E-state index contributed by atoms with van der Waals surface area (Å²) in [5, 5.41) is 0. The SMILES string of the molecule is CC1(C)OB(OC2C=CCCC2)OC1(C)C. The second-order valence-corrected chi connectivity index (χ2v) is 5.58. The van der Waals surface area contributed by atoms with Gasteiger partial charge in [0.25, 0.3) is 0 Å². The summed E-state index contributed by atoms with van der Waals surface area (Å²) in [5.41, 5.74) is -0.619. The zero-order chi connectivity index (χ0) is 11.8. The normalized spacial score (nSPS) is 32.0. The van der Waals surface area contributed by atoms with E-state index in [4.69, 9.17) is 14.0 Å². The Morgan fingerprint density at radius 2 is 1.81 bits per heavy atom. The molecule has 1 aliphatic carbocycles. The van der Waals surface area contributed by atoms with Gasteiger partial charge in [-0.2, -0.15) is 0 Å². The van der Waals surface area contributed by atoms with E-state index in [1.165, 1.54) is 6.42 Å². The lowest BCUT2D eigenvalue weighted by Gasteiger charge is -2.31. The molecule has 0 radical (unpaired) electrons. The highest BCUT2D eigenvalue weighted by Gasteiger charge is 2.53. The Balaban J connectivity index is 1.93. The van der Waals surface area contributed by atoms with Crippen molar-refractivity contribution in [3.63, 3.8) is 0 Å². The Morgan fingerprint density at radius 3 is 2.31 bits per heavy atom. The molecule has 2 rings (SSSR count). The standard InChI is InChI=1S/C12H21BO3/c1-11(2)12(3,4)16-13(15-11)14-10-8-6-5-7-9-10/h6,8,10H,5,7,9H2,1-4H3. The fourth-order valence-electron chi connectivity index (χ4n) is 1.88. The molecule has 4 heteroatoms. The average molecular weight is 224 g/mol. The van der Waals surface area contributed by atoms with Crippen LogP contribution in [0.1, 0.15) is 47.0 Å². The molecule has 1 saturated heterocycles. The first kappa shape index (κ1) is 12.2. The molecule has 0 N–H and O–H groups in total. The van der Waals surface area contributed by atoms with E-state index in [0.717, 1.165) is 12.8 Å². The maximum atomic E-state index is 5.79. The minimum atomic E-state index is -0.530. The molecule has 90 valence electrons. The summed E-state index contributed by atoms with van der Waals surface area (Å²) in [6.45, 7) is 8.14. The molecule has 0 saturated carbocycles. The van der Waals surface area contributed by atoms with Crippen molar-refractivity contribution in [3.05, 3.63) is 12.2 Å². The smallest absolute Gasteiger partial charge is 0.379 e. The Labute approximate surface area is 98.3 Å². The Hall–Kier alpha value is -0.315. The Kier molecular flexibility index (Phi) is 3.17.